The molecule has 0 saturated heterocycles. The van der Waals surface area contributed by atoms with Gasteiger partial charge in [-0.3, -0.25) is 23.4 Å². The number of phosphoric acid groups is 1. The highest BCUT2D eigenvalue weighted by Crippen LogP contribution is 2.43. The minimum atomic E-state index is -4.76. The van der Waals surface area contributed by atoms with Crippen molar-refractivity contribution in [1.82, 2.24) is 0 Å². The molecule has 0 saturated carbocycles. The number of carbonyl (C=O) groups is 3. The maximum atomic E-state index is 12.9. The zero-order chi connectivity index (χ0) is 51.3. The number of unbranched alkanes of at least 4 members (excludes halogenated alkanes) is 16. The Kier molecular flexibility index (Phi) is 49.1. The van der Waals surface area contributed by atoms with Crippen LogP contribution in [0.2, 0.25) is 0 Å². The standard InChI is InChI=1S/C58H97O11P/c1-4-7-10-13-16-19-22-24-26-27-29-31-34-37-40-43-46-49-58(62)69-55(51-65-56(60)47-44-41-38-35-33-30-28-25-23-20-17-14-11-8-5-2)53-67-70(63,64)66-52-54(50-59)68-57(61)48-45-42-39-36-32-21-18-15-12-9-6-3/h7-8,10-11,15-20,24-26,28,33,35,54-55,59H,4-6,9,12-14,21-23,27,29-32,34,36-53H2,1-3H3,(H,63,64)/b10-7-,11-8-,18-15-,19-16-,20-17-,26-24-,28-25-,35-33-. The molecule has 0 bridgehead atoms. The molecule has 400 valence electrons. The largest absolute Gasteiger partial charge is 0.472 e. The highest BCUT2D eigenvalue weighted by molar-refractivity contribution is 7.47. The van der Waals surface area contributed by atoms with Crippen LogP contribution in [0.4, 0.5) is 0 Å². The molecule has 0 aliphatic carbocycles. The fourth-order valence-electron chi connectivity index (χ4n) is 6.87. The smallest absolute Gasteiger partial charge is 0.462 e. The summed E-state index contributed by atoms with van der Waals surface area (Å²) in [5.74, 6) is -1.54. The second kappa shape index (κ2) is 51.7. The summed E-state index contributed by atoms with van der Waals surface area (Å²) in [7, 11) is -4.76. The normalized spacial score (nSPS) is 14.2. The van der Waals surface area contributed by atoms with Gasteiger partial charge in [-0.25, -0.2) is 4.57 Å². The molecular weight excluding hydrogens is 904 g/mol. The molecule has 0 heterocycles. The van der Waals surface area contributed by atoms with Crippen molar-refractivity contribution >= 4 is 25.7 Å². The first kappa shape index (κ1) is 66.4. The van der Waals surface area contributed by atoms with Crippen LogP contribution in [0.5, 0.6) is 0 Å². The Balaban J connectivity index is 4.83. The van der Waals surface area contributed by atoms with Crippen LogP contribution in [0.25, 0.3) is 0 Å². The van der Waals surface area contributed by atoms with Crippen molar-refractivity contribution in [2.45, 2.75) is 226 Å². The van der Waals surface area contributed by atoms with Crippen molar-refractivity contribution < 1.29 is 52.2 Å². The third-order valence-corrected chi connectivity index (χ3v) is 11.9. The number of phosphoric ester groups is 1. The second-order valence-electron chi connectivity index (χ2n) is 17.6. The first-order valence-corrected chi connectivity index (χ1v) is 28.6. The SMILES string of the molecule is CC/C=C\C/C=C\C/C=C\C/C=C\CCCCC(=O)OCC(COP(=O)(O)OCC(CO)OC(=O)CCCCCCC/C=C\CCCC)OC(=O)CCCCCCCCC/C=C\C/C=C\C/C=C\CC. The minimum Gasteiger partial charge on any atom is -0.462 e. The lowest BCUT2D eigenvalue weighted by molar-refractivity contribution is -0.161. The maximum Gasteiger partial charge on any atom is 0.472 e. The van der Waals surface area contributed by atoms with Crippen molar-refractivity contribution in [3.63, 3.8) is 0 Å². The molecule has 0 radical (unpaired) electrons. The number of rotatable bonds is 49. The Bertz CT molecular complexity index is 1540. The molecule has 0 aromatic heterocycles. The van der Waals surface area contributed by atoms with Crippen molar-refractivity contribution in [3.8, 4) is 0 Å². The van der Waals surface area contributed by atoms with Crippen LogP contribution in [0.3, 0.4) is 0 Å². The van der Waals surface area contributed by atoms with Crippen molar-refractivity contribution in [1.29, 1.82) is 0 Å². The molecule has 11 nitrogen and oxygen atoms in total. The average Bonchev–Trinajstić information content (AvgIpc) is 3.35. The van der Waals surface area contributed by atoms with Crippen molar-refractivity contribution in [2.75, 3.05) is 26.4 Å². The zero-order valence-corrected chi connectivity index (χ0v) is 44.8. The monoisotopic (exact) mass is 1000 g/mol. The predicted molar refractivity (Wildman–Crippen MR) is 288 cm³/mol. The molecule has 2 N–H and O–H groups in total. The molecule has 12 heteroatoms. The summed E-state index contributed by atoms with van der Waals surface area (Å²) in [6.07, 6.45) is 59.5. The number of aliphatic hydroxyl groups is 1. The third-order valence-electron chi connectivity index (χ3n) is 11.0. The van der Waals surface area contributed by atoms with Crippen LogP contribution in [0.1, 0.15) is 213 Å². The zero-order valence-electron chi connectivity index (χ0n) is 43.9. The van der Waals surface area contributed by atoms with Crippen LogP contribution in [-0.2, 0) is 42.2 Å². The molecule has 0 amide bonds. The Labute approximate surface area is 425 Å². The van der Waals surface area contributed by atoms with E-state index in [0.29, 0.717) is 19.3 Å². The van der Waals surface area contributed by atoms with E-state index in [2.05, 4.69) is 118 Å². The van der Waals surface area contributed by atoms with E-state index >= 15 is 0 Å². The first-order chi connectivity index (χ1) is 34.2. The lowest BCUT2D eigenvalue weighted by Crippen LogP contribution is -2.30. The van der Waals surface area contributed by atoms with Gasteiger partial charge < -0.3 is 24.2 Å². The molecule has 0 fully saturated rings. The van der Waals surface area contributed by atoms with Gasteiger partial charge in [-0.1, -0.05) is 182 Å². The lowest BCUT2D eigenvalue weighted by Gasteiger charge is -2.21. The Hall–Kier alpha value is -3.60. The Morgan fingerprint density at radius 3 is 1.19 bits per heavy atom. The molecule has 0 aromatic carbocycles. The van der Waals surface area contributed by atoms with Crippen LogP contribution in [0.15, 0.2) is 97.2 Å². The Morgan fingerprint density at radius 1 is 0.414 bits per heavy atom. The summed E-state index contributed by atoms with van der Waals surface area (Å²) in [5.41, 5.74) is 0. The number of allylic oxidation sites excluding steroid dienone is 16. The molecular formula is C58H97O11P. The summed E-state index contributed by atoms with van der Waals surface area (Å²) < 4.78 is 39.4. The molecule has 0 aliphatic rings. The highest BCUT2D eigenvalue weighted by Gasteiger charge is 2.28. The van der Waals surface area contributed by atoms with Gasteiger partial charge >= 0.3 is 25.7 Å². The topological polar surface area (TPSA) is 155 Å². The number of hydrogen-bond acceptors (Lipinski definition) is 10. The number of hydrogen-bond donors (Lipinski definition) is 2. The van der Waals surface area contributed by atoms with E-state index in [9.17, 15) is 28.9 Å². The summed E-state index contributed by atoms with van der Waals surface area (Å²) >= 11 is 0. The summed E-state index contributed by atoms with van der Waals surface area (Å²) in [4.78, 5) is 48.4. The van der Waals surface area contributed by atoms with E-state index in [-0.39, 0.29) is 25.9 Å². The van der Waals surface area contributed by atoms with Gasteiger partial charge in [-0.15, -0.1) is 0 Å². The molecule has 0 rings (SSSR count). The van der Waals surface area contributed by atoms with Gasteiger partial charge in [-0.05, 0) is 109 Å². The van der Waals surface area contributed by atoms with E-state index in [1.807, 2.05) is 0 Å². The van der Waals surface area contributed by atoms with E-state index in [4.69, 9.17) is 23.3 Å². The van der Waals surface area contributed by atoms with Crippen LogP contribution >= 0.6 is 7.82 Å². The molecule has 0 aromatic rings. The molecule has 0 aliphatic heterocycles. The average molecular weight is 1000 g/mol. The van der Waals surface area contributed by atoms with Gasteiger partial charge in [0.2, 0.25) is 0 Å². The van der Waals surface area contributed by atoms with Crippen LogP contribution in [0, 0.1) is 0 Å². The quantitative estimate of drug-likeness (QED) is 0.0197. The summed E-state index contributed by atoms with van der Waals surface area (Å²) in [6, 6.07) is 0. The van der Waals surface area contributed by atoms with Gasteiger partial charge in [0, 0.05) is 19.3 Å². The van der Waals surface area contributed by atoms with E-state index in [0.717, 1.165) is 141 Å². The molecule has 3 unspecified atom stereocenters. The van der Waals surface area contributed by atoms with Gasteiger partial charge in [-0.2, -0.15) is 0 Å². The fraction of sp³-hybridized carbons (Fsp3) is 0.672. The summed E-state index contributed by atoms with van der Waals surface area (Å²) in [5, 5.41) is 9.77. The Morgan fingerprint density at radius 2 is 0.743 bits per heavy atom. The van der Waals surface area contributed by atoms with E-state index in [1.54, 1.807) is 0 Å². The first-order valence-electron chi connectivity index (χ1n) is 27.1. The number of ether oxygens (including phenoxy) is 3. The van der Waals surface area contributed by atoms with Crippen molar-refractivity contribution in [3.05, 3.63) is 97.2 Å². The lowest BCUT2D eigenvalue weighted by atomic mass is 10.1. The predicted octanol–water partition coefficient (Wildman–Crippen LogP) is 15.7. The number of esters is 3. The summed E-state index contributed by atoms with van der Waals surface area (Å²) in [6.45, 7) is 4.29. The minimum absolute atomic E-state index is 0.142. The van der Waals surface area contributed by atoms with E-state index < -0.39 is 57.8 Å². The highest BCUT2D eigenvalue weighted by atomic mass is 31.2. The molecule has 70 heavy (non-hydrogen) atoms. The third kappa shape index (κ3) is 49.4. The van der Waals surface area contributed by atoms with Gasteiger partial charge in [0.25, 0.3) is 0 Å². The second-order valence-corrected chi connectivity index (χ2v) is 19.1. The van der Waals surface area contributed by atoms with Gasteiger partial charge in [0.15, 0.2) is 6.10 Å². The van der Waals surface area contributed by atoms with Crippen LogP contribution in [-0.4, -0.2) is 66.5 Å². The molecule has 3 atom stereocenters. The van der Waals surface area contributed by atoms with E-state index in [1.165, 1.54) is 12.8 Å². The molecule has 0 spiro atoms. The van der Waals surface area contributed by atoms with Crippen molar-refractivity contribution in [2.24, 2.45) is 0 Å². The number of aliphatic hydroxyl groups excluding tert-OH is 1. The fourth-order valence-corrected chi connectivity index (χ4v) is 7.65. The van der Waals surface area contributed by atoms with Gasteiger partial charge in [0.1, 0.15) is 12.7 Å². The number of carbonyl (C=O) groups excluding carboxylic acids is 3. The van der Waals surface area contributed by atoms with Crippen LogP contribution < -0.4 is 0 Å². The van der Waals surface area contributed by atoms with Gasteiger partial charge in [0.05, 0.1) is 19.8 Å². The maximum absolute atomic E-state index is 12.9.